The maximum absolute atomic E-state index is 4.85. The van der Waals surface area contributed by atoms with E-state index >= 15 is 0 Å². The fraction of sp³-hybridized carbons (Fsp3) is 0.360. The minimum Gasteiger partial charge on any atom is -0.294 e. The third kappa shape index (κ3) is 4.17. The zero-order valence-electron chi connectivity index (χ0n) is 17.5. The van der Waals surface area contributed by atoms with Crippen molar-refractivity contribution in [1.82, 2.24) is 19.9 Å². The smallest absolute Gasteiger partial charge is 0.173 e. The Hall–Kier alpha value is -2.92. The van der Waals surface area contributed by atoms with Crippen LogP contribution in [0.2, 0.25) is 0 Å². The van der Waals surface area contributed by atoms with Gasteiger partial charge in [0, 0.05) is 56.1 Å². The third-order valence-electron chi connectivity index (χ3n) is 5.97. The van der Waals surface area contributed by atoms with E-state index in [0.29, 0.717) is 0 Å². The summed E-state index contributed by atoms with van der Waals surface area (Å²) in [7, 11) is 0. The van der Waals surface area contributed by atoms with Crippen molar-refractivity contribution in [2.24, 2.45) is 4.99 Å². The van der Waals surface area contributed by atoms with Gasteiger partial charge >= 0.3 is 0 Å². The summed E-state index contributed by atoms with van der Waals surface area (Å²) in [6, 6.07) is 12.8. The Labute approximate surface area is 177 Å². The molecule has 5 heteroatoms. The molecular weight excluding hydrogens is 370 g/mol. The van der Waals surface area contributed by atoms with Crippen LogP contribution in [0.25, 0.3) is 11.3 Å². The highest BCUT2D eigenvalue weighted by Crippen LogP contribution is 2.22. The lowest BCUT2D eigenvalue weighted by atomic mass is 10.0. The largest absolute Gasteiger partial charge is 0.294 e. The predicted molar refractivity (Wildman–Crippen MR) is 120 cm³/mol. The van der Waals surface area contributed by atoms with E-state index in [1.54, 1.807) is 0 Å². The number of aryl methyl sites for hydroxylation is 1. The zero-order valence-corrected chi connectivity index (χ0v) is 17.5. The van der Waals surface area contributed by atoms with Crippen molar-refractivity contribution in [2.45, 2.75) is 45.7 Å². The molecule has 0 atom stereocenters. The fourth-order valence-corrected chi connectivity index (χ4v) is 4.20. The topological polar surface area (TPSA) is 54.3 Å². The normalized spacial score (nSPS) is 16.8. The van der Waals surface area contributed by atoms with Crippen LogP contribution in [-0.2, 0) is 19.5 Å². The second kappa shape index (κ2) is 8.44. The van der Waals surface area contributed by atoms with Crippen molar-refractivity contribution in [2.75, 3.05) is 13.1 Å². The van der Waals surface area contributed by atoms with Gasteiger partial charge in [-0.25, -0.2) is 9.97 Å². The van der Waals surface area contributed by atoms with Crippen LogP contribution >= 0.6 is 0 Å². The lowest BCUT2D eigenvalue weighted by Crippen LogP contribution is -2.31. The van der Waals surface area contributed by atoms with Crippen molar-refractivity contribution in [3.63, 3.8) is 0 Å². The van der Waals surface area contributed by atoms with Gasteiger partial charge in [0.15, 0.2) is 5.82 Å². The molecule has 30 heavy (non-hydrogen) atoms. The van der Waals surface area contributed by atoms with E-state index in [-0.39, 0.29) is 0 Å². The highest BCUT2D eigenvalue weighted by molar-refractivity contribution is 5.97. The van der Waals surface area contributed by atoms with E-state index in [2.05, 4.69) is 63.2 Å². The van der Waals surface area contributed by atoms with Crippen LogP contribution in [0.3, 0.4) is 0 Å². The first kappa shape index (κ1) is 19.1. The van der Waals surface area contributed by atoms with Crippen LogP contribution in [0.4, 0.5) is 0 Å². The molecule has 0 saturated carbocycles. The first-order valence-electron chi connectivity index (χ1n) is 10.9. The Kier molecular flexibility index (Phi) is 5.37. The molecule has 0 bridgehead atoms. The second-order valence-corrected chi connectivity index (χ2v) is 8.33. The van der Waals surface area contributed by atoms with Crippen molar-refractivity contribution in [3.05, 3.63) is 77.0 Å². The van der Waals surface area contributed by atoms with Gasteiger partial charge in [-0.2, -0.15) is 0 Å². The van der Waals surface area contributed by atoms with Crippen LogP contribution in [0.15, 0.2) is 53.8 Å². The second-order valence-electron chi connectivity index (χ2n) is 8.33. The van der Waals surface area contributed by atoms with E-state index < -0.39 is 0 Å². The number of benzene rings is 1. The molecule has 3 aromatic rings. The minimum absolute atomic E-state index is 0.845. The molecule has 0 N–H and O–H groups in total. The number of rotatable bonds is 4. The maximum Gasteiger partial charge on any atom is 0.173 e. The van der Waals surface area contributed by atoms with Crippen molar-refractivity contribution >= 4 is 5.71 Å². The van der Waals surface area contributed by atoms with Gasteiger partial charge < -0.3 is 0 Å². The Morgan fingerprint density at radius 1 is 0.933 bits per heavy atom. The molecule has 0 aliphatic carbocycles. The van der Waals surface area contributed by atoms with Crippen molar-refractivity contribution < 1.29 is 0 Å². The quantitative estimate of drug-likeness (QED) is 0.656. The molecule has 0 spiro atoms. The Balaban J connectivity index is 1.25. The van der Waals surface area contributed by atoms with Crippen LogP contribution in [0.5, 0.6) is 0 Å². The van der Waals surface area contributed by atoms with E-state index in [9.17, 15) is 0 Å². The molecule has 2 aliphatic heterocycles. The molecule has 5 nitrogen and oxygen atoms in total. The van der Waals surface area contributed by atoms with E-state index in [1.165, 1.54) is 35.2 Å². The van der Waals surface area contributed by atoms with Gasteiger partial charge in [-0.3, -0.25) is 14.9 Å². The molecule has 0 amide bonds. The SMILES string of the molecule is Cc1ccc(-c2ccc(CN3CCc4nc(C5=NCCCC5)ncc4C3)cn2)cc1. The molecule has 2 aromatic heterocycles. The van der Waals surface area contributed by atoms with Crippen LogP contribution in [-0.4, -0.2) is 38.7 Å². The number of aliphatic imine (C=N–C) groups is 1. The molecular formula is C25H27N5. The van der Waals surface area contributed by atoms with Gasteiger partial charge in [-0.15, -0.1) is 0 Å². The zero-order chi connectivity index (χ0) is 20.3. The average molecular weight is 398 g/mol. The van der Waals surface area contributed by atoms with E-state index in [0.717, 1.165) is 61.8 Å². The average Bonchev–Trinajstić information content (AvgIpc) is 2.80. The molecule has 4 heterocycles. The molecule has 0 radical (unpaired) electrons. The first-order chi connectivity index (χ1) is 14.7. The molecule has 0 unspecified atom stereocenters. The number of hydrogen-bond donors (Lipinski definition) is 0. The summed E-state index contributed by atoms with van der Waals surface area (Å²) in [5.41, 5.74) is 8.21. The Bertz CT molecular complexity index is 1050. The van der Waals surface area contributed by atoms with Gasteiger partial charge in [0.25, 0.3) is 0 Å². The summed E-state index contributed by atoms with van der Waals surface area (Å²) in [4.78, 5) is 21.2. The standard InChI is InChI=1S/C25H27N5/c1-18-5-8-20(9-6-18)22-10-7-19(14-27-22)16-30-13-11-23-21(17-30)15-28-25(29-23)24-4-2-3-12-26-24/h5-10,14-15H,2-4,11-13,16-17H2,1H3. The maximum atomic E-state index is 4.85. The van der Waals surface area contributed by atoms with Gasteiger partial charge in [-0.05, 0) is 37.8 Å². The van der Waals surface area contributed by atoms with E-state index in [4.69, 9.17) is 4.98 Å². The first-order valence-corrected chi connectivity index (χ1v) is 10.9. The monoisotopic (exact) mass is 397 g/mol. The summed E-state index contributed by atoms with van der Waals surface area (Å²) < 4.78 is 0. The lowest BCUT2D eigenvalue weighted by Gasteiger charge is -2.28. The highest BCUT2D eigenvalue weighted by Gasteiger charge is 2.20. The summed E-state index contributed by atoms with van der Waals surface area (Å²) in [6.45, 7) is 5.82. The van der Waals surface area contributed by atoms with Gasteiger partial charge in [0.2, 0.25) is 0 Å². The number of hydrogen-bond acceptors (Lipinski definition) is 5. The summed E-state index contributed by atoms with van der Waals surface area (Å²) in [6.07, 6.45) is 8.38. The number of pyridine rings is 1. The summed E-state index contributed by atoms with van der Waals surface area (Å²) in [5, 5.41) is 0. The molecule has 5 rings (SSSR count). The molecule has 0 saturated heterocycles. The van der Waals surface area contributed by atoms with Crippen LogP contribution in [0.1, 0.15) is 47.5 Å². The molecule has 1 aromatic carbocycles. The predicted octanol–water partition coefficient (Wildman–Crippen LogP) is 4.38. The molecule has 2 aliphatic rings. The molecule has 0 fully saturated rings. The molecule has 152 valence electrons. The lowest BCUT2D eigenvalue weighted by molar-refractivity contribution is 0.242. The Morgan fingerprint density at radius 3 is 2.60 bits per heavy atom. The number of aromatic nitrogens is 3. The van der Waals surface area contributed by atoms with Gasteiger partial charge in [0.05, 0.1) is 17.1 Å². The Morgan fingerprint density at radius 2 is 1.83 bits per heavy atom. The number of nitrogens with zero attached hydrogens (tertiary/aromatic N) is 5. The summed E-state index contributed by atoms with van der Waals surface area (Å²) >= 11 is 0. The minimum atomic E-state index is 0.845. The highest BCUT2D eigenvalue weighted by atomic mass is 15.1. The van der Waals surface area contributed by atoms with Gasteiger partial charge in [-0.1, -0.05) is 35.9 Å². The van der Waals surface area contributed by atoms with Crippen LogP contribution in [0, 0.1) is 6.92 Å². The summed E-state index contributed by atoms with van der Waals surface area (Å²) in [5.74, 6) is 0.845. The fourth-order valence-electron chi connectivity index (χ4n) is 4.20. The van der Waals surface area contributed by atoms with Gasteiger partial charge in [0.1, 0.15) is 0 Å². The van der Waals surface area contributed by atoms with E-state index in [1.807, 2.05) is 12.4 Å². The number of fused-ring (bicyclic) bond motifs is 1. The van der Waals surface area contributed by atoms with Crippen LogP contribution < -0.4 is 0 Å². The van der Waals surface area contributed by atoms with Crippen molar-refractivity contribution in [1.29, 1.82) is 0 Å². The van der Waals surface area contributed by atoms with Crippen molar-refractivity contribution in [3.8, 4) is 11.3 Å². The third-order valence-corrected chi connectivity index (χ3v) is 5.97.